The number of hydrogen-bond donors (Lipinski definition) is 0. The molecule has 17 heavy (non-hydrogen) atoms. The lowest BCUT2D eigenvalue weighted by Gasteiger charge is -2.26. The van der Waals surface area contributed by atoms with Crippen molar-refractivity contribution in [3.8, 4) is 11.5 Å². The molecule has 0 radical (unpaired) electrons. The molecule has 1 rings (SSSR count). The molecule has 1 aromatic carbocycles. The molecule has 0 unspecified atom stereocenters. The zero-order chi connectivity index (χ0) is 12.9. The Labute approximate surface area is 105 Å². The highest BCUT2D eigenvalue weighted by molar-refractivity contribution is 5.41. The first-order valence-corrected chi connectivity index (χ1v) is 6.27. The molecule has 96 valence electrons. The van der Waals surface area contributed by atoms with Crippen LogP contribution in [0, 0.1) is 0 Å². The van der Waals surface area contributed by atoms with Gasteiger partial charge in [-0.1, -0.05) is 33.6 Å². The Kier molecular flexibility index (Phi) is 4.86. The Morgan fingerprint density at radius 3 is 1.94 bits per heavy atom. The third-order valence-corrected chi connectivity index (χ3v) is 3.29. The van der Waals surface area contributed by atoms with E-state index in [-0.39, 0.29) is 5.41 Å². The van der Waals surface area contributed by atoms with Crippen molar-refractivity contribution in [2.24, 2.45) is 0 Å². The van der Waals surface area contributed by atoms with E-state index in [4.69, 9.17) is 9.47 Å². The maximum Gasteiger partial charge on any atom is 0.122 e. The SMILES string of the molecule is CCCCC(C)(C)c1cc(OC)cc(OC)c1. The van der Waals surface area contributed by atoms with Gasteiger partial charge in [-0.3, -0.25) is 0 Å². The Bertz CT molecular complexity index is 334. The zero-order valence-electron chi connectivity index (χ0n) is 11.7. The van der Waals surface area contributed by atoms with Crippen LogP contribution in [-0.4, -0.2) is 14.2 Å². The van der Waals surface area contributed by atoms with Crippen molar-refractivity contribution in [3.63, 3.8) is 0 Å². The van der Waals surface area contributed by atoms with Crippen molar-refractivity contribution >= 4 is 0 Å². The fourth-order valence-corrected chi connectivity index (χ4v) is 1.96. The van der Waals surface area contributed by atoms with Gasteiger partial charge in [0.1, 0.15) is 11.5 Å². The Morgan fingerprint density at radius 2 is 1.53 bits per heavy atom. The summed E-state index contributed by atoms with van der Waals surface area (Å²) in [5, 5.41) is 0. The molecule has 0 saturated carbocycles. The van der Waals surface area contributed by atoms with E-state index in [1.54, 1.807) is 14.2 Å². The summed E-state index contributed by atoms with van der Waals surface area (Å²) in [5.41, 5.74) is 1.44. The van der Waals surface area contributed by atoms with Crippen LogP contribution in [0.2, 0.25) is 0 Å². The number of unbranched alkanes of at least 4 members (excludes halogenated alkanes) is 1. The highest BCUT2D eigenvalue weighted by Gasteiger charge is 2.21. The molecule has 0 fully saturated rings. The molecular formula is C15H24O2. The van der Waals surface area contributed by atoms with Crippen LogP contribution in [0.25, 0.3) is 0 Å². The summed E-state index contributed by atoms with van der Waals surface area (Å²) in [5.74, 6) is 1.73. The van der Waals surface area contributed by atoms with Gasteiger partial charge < -0.3 is 9.47 Å². The van der Waals surface area contributed by atoms with Crippen molar-refractivity contribution in [3.05, 3.63) is 23.8 Å². The molecule has 0 aliphatic heterocycles. The summed E-state index contributed by atoms with van der Waals surface area (Å²) >= 11 is 0. The van der Waals surface area contributed by atoms with Crippen molar-refractivity contribution in [1.82, 2.24) is 0 Å². The van der Waals surface area contributed by atoms with Gasteiger partial charge in [0.2, 0.25) is 0 Å². The van der Waals surface area contributed by atoms with E-state index in [9.17, 15) is 0 Å². The number of benzene rings is 1. The van der Waals surface area contributed by atoms with E-state index >= 15 is 0 Å². The van der Waals surface area contributed by atoms with Crippen molar-refractivity contribution in [1.29, 1.82) is 0 Å². The van der Waals surface area contributed by atoms with E-state index < -0.39 is 0 Å². The average molecular weight is 236 g/mol. The summed E-state index contributed by atoms with van der Waals surface area (Å²) in [4.78, 5) is 0. The average Bonchev–Trinajstić information content (AvgIpc) is 2.35. The van der Waals surface area contributed by atoms with Crippen LogP contribution in [0.1, 0.15) is 45.6 Å². The Morgan fingerprint density at radius 1 is 1.00 bits per heavy atom. The molecule has 0 N–H and O–H groups in total. The van der Waals surface area contributed by atoms with Crippen molar-refractivity contribution in [2.45, 2.75) is 45.4 Å². The van der Waals surface area contributed by atoms with Gasteiger partial charge in [0, 0.05) is 6.07 Å². The van der Waals surface area contributed by atoms with Gasteiger partial charge in [-0.2, -0.15) is 0 Å². The minimum atomic E-state index is 0.165. The third kappa shape index (κ3) is 3.65. The first-order valence-electron chi connectivity index (χ1n) is 6.27. The number of hydrogen-bond acceptors (Lipinski definition) is 2. The van der Waals surface area contributed by atoms with Crippen LogP contribution in [0.3, 0.4) is 0 Å². The summed E-state index contributed by atoms with van der Waals surface area (Å²) in [6.45, 7) is 6.77. The molecule has 0 amide bonds. The lowest BCUT2D eigenvalue weighted by Crippen LogP contribution is -2.17. The first kappa shape index (κ1) is 13.9. The lowest BCUT2D eigenvalue weighted by atomic mass is 9.80. The van der Waals surface area contributed by atoms with Crippen molar-refractivity contribution in [2.75, 3.05) is 14.2 Å². The molecule has 0 aromatic heterocycles. The third-order valence-electron chi connectivity index (χ3n) is 3.29. The zero-order valence-corrected chi connectivity index (χ0v) is 11.7. The van der Waals surface area contributed by atoms with Crippen LogP contribution >= 0.6 is 0 Å². The van der Waals surface area contributed by atoms with Crippen LogP contribution in [0.4, 0.5) is 0 Å². The van der Waals surface area contributed by atoms with Crippen LogP contribution in [0.5, 0.6) is 11.5 Å². The normalized spacial score (nSPS) is 11.4. The Balaban J connectivity index is 3.02. The summed E-state index contributed by atoms with van der Waals surface area (Å²) < 4.78 is 10.6. The van der Waals surface area contributed by atoms with Gasteiger partial charge in [-0.15, -0.1) is 0 Å². The molecule has 0 aliphatic carbocycles. The molecule has 0 saturated heterocycles. The van der Waals surface area contributed by atoms with Gasteiger partial charge in [0.05, 0.1) is 14.2 Å². The minimum absolute atomic E-state index is 0.165. The van der Waals surface area contributed by atoms with Gasteiger partial charge in [-0.25, -0.2) is 0 Å². The predicted octanol–water partition coefficient (Wildman–Crippen LogP) is 4.17. The van der Waals surface area contributed by atoms with Gasteiger partial charge in [0.25, 0.3) is 0 Å². The van der Waals surface area contributed by atoms with Gasteiger partial charge in [0.15, 0.2) is 0 Å². The molecular weight excluding hydrogens is 212 g/mol. The smallest absolute Gasteiger partial charge is 0.122 e. The molecule has 0 aliphatic rings. The standard InChI is InChI=1S/C15H24O2/c1-6-7-8-15(2,3)12-9-13(16-4)11-14(10-12)17-5/h9-11H,6-8H2,1-5H3. The number of rotatable bonds is 6. The Hall–Kier alpha value is -1.18. The highest BCUT2D eigenvalue weighted by atomic mass is 16.5. The van der Waals surface area contributed by atoms with E-state index in [0.717, 1.165) is 11.5 Å². The monoisotopic (exact) mass is 236 g/mol. The predicted molar refractivity (Wildman–Crippen MR) is 72.1 cm³/mol. The molecule has 0 spiro atoms. The number of methoxy groups -OCH3 is 2. The van der Waals surface area contributed by atoms with Crippen LogP contribution < -0.4 is 9.47 Å². The highest BCUT2D eigenvalue weighted by Crippen LogP contribution is 2.34. The van der Waals surface area contributed by atoms with Crippen molar-refractivity contribution < 1.29 is 9.47 Å². The molecule has 1 aromatic rings. The van der Waals surface area contributed by atoms with Gasteiger partial charge >= 0.3 is 0 Å². The second-order valence-electron chi connectivity index (χ2n) is 5.09. The molecule has 0 heterocycles. The van der Waals surface area contributed by atoms with Gasteiger partial charge in [-0.05, 0) is 29.5 Å². The maximum absolute atomic E-state index is 5.32. The topological polar surface area (TPSA) is 18.5 Å². The van der Waals surface area contributed by atoms with Crippen LogP contribution in [-0.2, 0) is 5.41 Å². The minimum Gasteiger partial charge on any atom is -0.497 e. The largest absolute Gasteiger partial charge is 0.497 e. The summed E-state index contributed by atoms with van der Waals surface area (Å²) in [7, 11) is 3.38. The molecule has 2 heteroatoms. The lowest BCUT2D eigenvalue weighted by molar-refractivity contribution is 0.387. The second kappa shape index (κ2) is 5.95. The quantitative estimate of drug-likeness (QED) is 0.738. The summed E-state index contributed by atoms with van der Waals surface area (Å²) in [6, 6.07) is 6.13. The van der Waals surface area contributed by atoms with E-state index in [1.807, 2.05) is 6.07 Å². The molecule has 2 nitrogen and oxygen atoms in total. The fourth-order valence-electron chi connectivity index (χ4n) is 1.96. The molecule has 0 bridgehead atoms. The van der Waals surface area contributed by atoms with Crippen LogP contribution in [0.15, 0.2) is 18.2 Å². The number of ether oxygens (including phenoxy) is 2. The van der Waals surface area contributed by atoms with E-state index in [0.29, 0.717) is 0 Å². The molecule has 0 atom stereocenters. The second-order valence-corrected chi connectivity index (χ2v) is 5.09. The maximum atomic E-state index is 5.32. The van der Waals surface area contributed by atoms with E-state index in [2.05, 4.69) is 32.9 Å². The fraction of sp³-hybridized carbons (Fsp3) is 0.600. The summed E-state index contributed by atoms with van der Waals surface area (Å²) in [6.07, 6.45) is 3.65. The van der Waals surface area contributed by atoms with E-state index in [1.165, 1.54) is 24.8 Å². The first-order chi connectivity index (χ1) is 8.03.